The quantitative estimate of drug-likeness (QED) is 0.869. The van der Waals surface area contributed by atoms with E-state index in [0.29, 0.717) is 0 Å². The van der Waals surface area contributed by atoms with Gasteiger partial charge in [-0.2, -0.15) is 11.3 Å². The molecule has 1 aromatic carbocycles. The highest BCUT2D eigenvalue weighted by Crippen LogP contribution is 2.31. The van der Waals surface area contributed by atoms with Crippen molar-refractivity contribution in [3.05, 3.63) is 56.7 Å². The zero-order chi connectivity index (χ0) is 11.5. The molecule has 1 unspecified atom stereocenters. The molecule has 16 heavy (non-hydrogen) atoms. The van der Waals surface area contributed by atoms with Crippen molar-refractivity contribution in [2.24, 2.45) is 0 Å². The zero-order valence-corrected chi connectivity index (χ0v) is 10.9. The number of hydrogen-bond acceptors (Lipinski definition) is 2. The maximum absolute atomic E-state index is 6.35. The zero-order valence-electron chi connectivity index (χ0n) is 9.33. The molecule has 0 spiro atoms. The van der Waals surface area contributed by atoms with Gasteiger partial charge in [-0.05, 0) is 47.5 Å². The van der Waals surface area contributed by atoms with Gasteiger partial charge in [0, 0.05) is 5.02 Å². The van der Waals surface area contributed by atoms with Gasteiger partial charge < -0.3 is 5.32 Å². The molecule has 0 aliphatic carbocycles. The van der Waals surface area contributed by atoms with Gasteiger partial charge in [-0.25, -0.2) is 0 Å². The third kappa shape index (κ3) is 2.14. The number of halogens is 1. The molecule has 1 atom stereocenters. The second-order valence-electron chi connectivity index (χ2n) is 3.76. The Morgan fingerprint density at radius 1 is 1.31 bits per heavy atom. The van der Waals surface area contributed by atoms with Crippen LogP contribution in [0.4, 0.5) is 0 Å². The van der Waals surface area contributed by atoms with Crippen LogP contribution in [0.15, 0.2) is 35.0 Å². The summed E-state index contributed by atoms with van der Waals surface area (Å²) < 4.78 is 0. The van der Waals surface area contributed by atoms with Crippen LogP contribution in [0.25, 0.3) is 0 Å². The summed E-state index contributed by atoms with van der Waals surface area (Å²) in [7, 11) is 1.96. The van der Waals surface area contributed by atoms with Crippen LogP contribution in [-0.2, 0) is 0 Å². The number of benzene rings is 1. The Bertz CT molecular complexity index is 465. The van der Waals surface area contributed by atoms with E-state index in [2.05, 4.69) is 28.2 Å². The van der Waals surface area contributed by atoms with Gasteiger partial charge in [0.05, 0.1) is 6.04 Å². The molecule has 2 rings (SSSR count). The highest BCUT2D eigenvalue weighted by atomic mass is 35.5. The van der Waals surface area contributed by atoms with Crippen molar-refractivity contribution in [1.29, 1.82) is 0 Å². The van der Waals surface area contributed by atoms with Crippen molar-refractivity contribution in [1.82, 2.24) is 5.32 Å². The number of hydrogen-bond donors (Lipinski definition) is 1. The minimum Gasteiger partial charge on any atom is -0.309 e. The van der Waals surface area contributed by atoms with Crippen molar-refractivity contribution < 1.29 is 0 Å². The molecule has 0 fully saturated rings. The van der Waals surface area contributed by atoms with Crippen LogP contribution < -0.4 is 5.32 Å². The van der Waals surface area contributed by atoms with Crippen LogP contribution in [0.1, 0.15) is 22.7 Å². The molecule has 1 nitrogen and oxygen atoms in total. The summed E-state index contributed by atoms with van der Waals surface area (Å²) in [5, 5.41) is 8.40. The van der Waals surface area contributed by atoms with E-state index in [-0.39, 0.29) is 6.04 Å². The summed E-state index contributed by atoms with van der Waals surface area (Å²) in [6.07, 6.45) is 0. The molecule has 0 saturated carbocycles. The van der Waals surface area contributed by atoms with Gasteiger partial charge in [0.1, 0.15) is 0 Å². The highest BCUT2D eigenvalue weighted by Gasteiger charge is 2.15. The van der Waals surface area contributed by atoms with Crippen LogP contribution in [0.3, 0.4) is 0 Å². The van der Waals surface area contributed by atoms with Gasteiger partial charge in [0.15, 0.2) is 0 Å². The van der Waals surface area contributed by atoms with Crippen LogP contribution >= 0.6 is 22.9 Å². The Kier molecular flexibility index (Phi) is 3.64. The largest absolute Gasteiger partial charge is 0.309 e. The fourth-order valence-corrected chi connectivity index (χ4v) is 2.76. The molecule has 0 amide bonds. The van der Waals surface area contributed by atoms with Crippen LogP contribution in [0, 0.1) is 6.92 Å². The summed E-state index contributed by atoms with van der Waals surface area (Å²) in [6, 6.07) is 8.47. The molecule has 1 heterocycles. The average molecular weight is 252 g/mol. The molecule has 1 N–H and O–H groups in total. The second-order valence-corrected chi connectivity index (χ2v) is 4.91. The Hall–Kier alpha value is -0.830. The first-order chi connectivity index (χ1) is 7.74. The molecule has 0 radical (unpaired) electrons. The third-order valence-corrected chi connectivity index (χ3v) is 3.92. The van der Waals surface area contributed by atoms with E-state index in [1.807, 2.05) is 26.1 Å². The SMILES string of the molecule is CNC(c1ccsc1)c1cccc(C)c1Cl. The van der Waals surface area contributed by atoms with Gasteiger partial charge in [-0.3, -0.25) is 0 Å². The van der Waals surface area contributed by atoms with E-state index >= 15 is 0 Å². The number of aryl methyl sites for hydroxylation is 1. The smallest absolute Gasteiger partial charge is 0.0597 e. The second kappa shape index (κ2) is 5.00. The van der Waals surface area contributed by atoms with Crippen LogP contribution in [0.2, 0.25) is 5.02 Å². The first-order valence-corrected chi connectivity index (χ1v) is 6.50. The summed E-state index contributed by atoms with van der Waals surface area (Å²) in [4.78, 5) is 0. The van der Waals surface area contributed by atoms with Gasteiger partial charge in [0.2, 0.25) is 0 Å². The standard InChI is InChI=1S/C13H14ClNS/c1-9-4-3-5-11(12(9)14)13(15-2)10-6-7-16-8-10/h3-8,13,15H,1-2H3. The number of rotatable bonds is 3. The molecule has 0 aliphatic rings. The first kappa shape index (κ1) is 11.6. The van der Waals surface area contributed by atoms with Gasteiger partial charge in [0.25, 0.3) is 0 Å². The molecular formula is C13H14ClNS. The van der Waals surface area contributed by atoms with E-state index < -0.39 is 0 Å². The maximum atomic E-state index is 6.35. The Morgan fingerprint density at radius 2 is 2.12 bits per heavy atom. The summed E-state index contributed by atoms with van der Waals surface area (Å²) >= 11 is 8.05. The molecule has 1 aromatic heterocycles. The van der Waals surface area contributed by atoms with Crippen molar-refractivity contribution >= 4 is 22.9 Å². The summed E-state index contributed by atoms with van der Waals surface area (Å²) in [5.41, 5.74) is 3.53. The van der Waals surface area contributed by atoms with Crippen molar-refractivity contribution in [3.8, 4) is 0 Å². The Labute approximate surface area is 105 Å². The van der Waals surface area contributed by atoms with Gasteiger partial charge in [-0.15, -0.1) is 0 Å². The molecule has 0 saturated heterocycles. The monoisotopic (exact) mass is 251 g/mol. The Morgan fingerprint density at radius 3 is 2.75 bits per heavy atom. The predicted octanol–water partition coefficient (Wildman–Crippen LogP) is 4.02. The average Bonchev–Trinajstić information content (AvgIpc) is 2.79. The normalized spacial score (nSPS) is 12.7. The van der Waals surface area contributed by atoms with E-state index in [4.69, 9.17) is 11.6 Å². The third-order valence-electron chi connectivity index (χ3n) is 2.70. The van der Waals surface area contributed by atoms with Crippen molar-refractivity contribution in [2.45, 2.75) is 13.0 Å². The number of nitrogens with one attached hydrogen (secondary N) is 1. The Balaban J connectivity index is 2.45. The summed E-state index contributed by atoms with van der Waals surface area (Å²) in [6.45, 7) is 2.03. The summed E-state index contributed by atoms with van der Waals surface area (Å²) in [5.74, 6) is 0. The molecule has 84 valence electrons. The fraction of sp³-hybridized carbons (Fsp3) is 0.231. The lowest BCUT2D eigenvalue weighted by Gasteiger charge is -2.18. The maximum Gasteiger partial charge on any atom is 0.0597 e. The fourth-order valence-electron chi connectivity index (χ4n) is 1.83. The number of thiophene rings is 1. The molecular weight excluding hydrogens is 238 g/mol. The van der Waals surface area contributed by atoms with E-state index in [1.54, 1.807) is 11.3 Å². The predicted molar refractivity (Wildman–Crippen MR) is 71.4 cm³/mol. The first-order valence-electron chi connectivity index (χ1n) is 5.18. The van der Waals surface area contributed by atoms with E-state index in [9.17, 15) is 0 Å². The minimum atomic E-state index is 0.179. The molecule has 0 bridgehead atoms. The van der Waals surface area contributed by atoms with Gasteiger partial charge in [-0.1, -0.05) is 29.8 Å². The van der Waals surface area contributed by atoms with E-state index in [0.717, 1.165) is 16.1 Å². The van der Waals surface area contributed by atoms with Crippen molar-refractivity contribution in [3.63, 3.8) is 0 Å². The van der Waals surface area contributed by atoms with Crippen molar-refractivity contribution in [2.75, 3.05) is 7.05 Å². The minimum absolute atomic E-state index is 0.179. The van der Waals surface area contributed by atoms with Crippen LogP contribution in [-0.4, -0.2) is 7.05 Å². The molecule has 0 aliphatic heterocycles. The lowest BCUT2D eigenvalue weighted by molar-refractivity contribution is 0.694. The molecule has 2 aromatic rings. The highest BCUT2D eigenvalue weighted by molar-refractivity contribution is 7.08. The molecule has 3 heteroatoms. The van der Waals surface area contributed by atoms with Gasteiger partial charge >= 0.3 is 0 Å². The lowest BCUT2D eigenvalue weighted by Crippen LogP contribution is -2.17. The lowest BCUT2D eigenvalue weighted by atomic mass is 10.00. The van der Waals surface area contributed by atoms with E-state index in [1.165, 1.54) is 5.56 Å². The van der Waals surface area contributed by atoms with Crippen LogP contribution in [0.5, 0.6) is 0 Å². The topological polar surface area (TPSA) is 12.0 Å².